The molecule has 4 nitrogen and oxygen atoms in total. The summed E-state index contributed by atoms with van der Waals surface area (Å²) in [4.78, 5) is 10.8. The molecule has 1 aromatic carbocycles. The maximum Gasteiger partial charge on any atom is 0.255 e. The summed E-state index contributed by atoms with van der Waals surface area (Å²) in [6.45, 7) is 3.94. The van der Waals surface area contributed by atoms with Crippen molar-refractivity contribution in [2.24, 2.45) is 5.73 Å². The number of amides is 1. The van der Waals surface area contributed by atoms with E-state index in [0.29, 0.717) is 5.75 Å². The molecule has 18 heavy (non-hydrogen) atoms. The van der Waals surface area contributed by atoms with Crippen LogP contribution in [0.5, 0.6) is 5.75 Å². The molecule has 4 heteroatoms. The van der Waals surface area contributed by atoms with Crippen LogP contribution in [-0.4, -0.2) is 17.1 Å². The van der Waals surface area contributed by atoms with Gasteiger partial charge in [0.25, 0.3) is 5.91 Å². The van der Waals surface area contributed by atoms with E-state index in [1.807, 2.05) is 50.2 Å². The van der Waals surface area contributed by atoms with Gasteiger partial charge in [0.15, 0.2) is 6.61 Å². The van der Waals surface area contributed by atoms with Crippen LogP contribution in [0.3, 0.4) is 0 Å². The highest BCUT2D eigenvalue weighted by atomic mass is 16.5. The van der Waals surface area contributed by atoms with Gasteiger partial charge >= 0.3 is 0 Å². The Morgan fingerprint density at radius 1 is 1.17 bits per heavy atom. The Morgan fingerprint density at radius 2 is 1.78 bits per heavy atom. The van der Waals surface area contributed by atoms with Gasteiger partial charge in [-0.05, 0) is 38.1 Å². The molecule has 0 atom stereocenters. The molecule has 0 fully saturated rings. The highest BCUT2D eigenvalue weighted by Crippen LogP contribution is 2.25. The Morgan fingerprint density at radius 3 is 2.39 bits per heavy atom. The monoisotopic (exact) mass is 244 g/mol. The van der Waals surface area contributed by atoms with Crippen LogP contribution in [0, 0.1) is 13.8 Å². The third-order valence-corrected chi connectivity index (χ3v) is 2.75. The topological polar surface area (TPSA) is 57.2 Å². The van der Waals surface area contributed by atoms with Crippen molar-refractivity contribution in [1.82, 2.24) is 4.57 Å². The normalized spacial score (nSPS) is 10.3. The summed E-state index contributed by atoms with van der Waals surface area (Å²) in [5.41, 5.74) is 8.24. The molecule has 0 saturated heterocycles. The molecule has 0 aliphatic carbocycles. The zero-order valence-electron chi connectivity index (χ0n) is 10.5. The third-order valence-electron chi connectivity index (χ3n) is 2.75. The lowest BCUT2D eigenvalue weighted by atomic mass is 10.2. The van der Waals surface area contributed by atoms with Gasteiger partial charge in [-0.2, -0.15) is 0 Å². The molecule has 0 bridgehead atoms. The number of carbonyl (C=O) groups excluding carboxylic acids is 1. The van der Waals surface area contributed by atoms with E-state index in [1.54, 1.807) is 0 Å². The van der Waals surface area contributed by atoms with Crippen LogP contribution >= 0.6 is 0 Å². The number of hydrogen-bond acceptors (Lipinski definition) is 2. The Balaban J connectivity index is 2.42. The first kappa shape index (κ1) is 12.2. The number of aryl methyl sites for hydroxylation is 2. The van der Waals surface area contributed by atoms with Crippen molar-refractivity contribution in [3.63, 3.8) is 0 Å². The standard InChI is InChI=1S/C14H16N2O2/c1-10-7-8-11(2)16(10)12-5-3-4-6-13(12)18-9-14(15)17/h3-8H,9H2,1-2H3,(H2,15,17). The molecular weight excluding hydrogens is 228 g/mol. The number of nitrogens with two attached hydrogens (primary N) is 1. The van der Waals surface area contributed by atoms with Crippen molar-refractivity contribution >= 4 is 5.91 Å². The third kappa shape index (κ3) is 2.37. The molecule has 0 saturated carbocycles. The minimum absolute atomic E-state index is 0.115. The zero-order chi connectivity index (χ0) is 13.1. The van der Waals surface area contributed by atoms with Crippen LogP contribution in [0.1, 0.15) is 11.4 Å². The number of aromatic nitrogens is 1. The molecule has 0 aliphatic rings. The van der Waals surface area contributed by atoms with Crippen molar-refractivity contribution in [1.29, 1.82) is 0 Å². The van der Waals surface area contributed by atoms with Crippen molar-refractivity contribution in [3.8, 4) is 11.4 Å². The van der Waals surface area contributed by atoms with Gasteiger partial charge in [0, 0.05) is 11.4 Å². The molecular formula is C14H16N2O2. The van der Waals surface area contributed by atoms with E-state index in [1.165, 1.54) is 0 Å². The molecule has 2 aromatic rings. The summed E-state index contributed by atoms with van der Waals surface area (Å²) in [6.07, 6.45) is 0. The number of para-hydroxylation sites is 2. The molecule has 0 unspecified atom stereocenters. The fraction of sp³-hybridized carbons (Fsp3) is 0.214. The summed E-state index contributed by atoms with van der Waals surface area (Å²) in [6, 6.07) is 11.7. The SMILES string of the molecule is Cc1ccc(C)n1-c1ccccc1OCC(N)=O. The Kier molecular flexibility index (Phi) is 3.37. The second kappa shape index (κ2) is 4.96. The van der Waals surface area contributed by atoms with Crippen LogP contribution < -0.4 is 10.5 Å². The van der Waals surface area contributed by atoms with Gasteiger partial charge in [-0.15, -0.1) is 0 Å². The van der Waals surface area contributed by atoms with E-state index in [0.717, 1.165) is 17.1 Å². The van der Waals surface area contributed by atoms with Crippen LogP contribution in [0.2, 0.25) is 0 Å². The summed E-state index contributed by atoms with van der Waals surface area (Å²) in [5, 5.41) is 0. The first-order valence-corrected chi connectivity index (χ1v) is 5.75. The van der Waals surface area contributed by atoms with Gasteiger partial charge in [0.1, 0.15) is 5.75 Å². The summed E-state index contributed by atoms with van der Waals surface area (Å²) in [7, 11) is 0. The lowest BCUT2D eigenvalue weighted by Gasteiger charge is -2.14. The number of ether oxygens (including phenoxy) is 1. The predicted octanol–water partition coefficient (Wildman–Crippen LogP) is 1.96. The van der Waals surface area contributed by atoms with Gasteiger partial charge in [-0.1, -0.05) is 12.1 Å². The largest absolute Gasteiger partial charge is 0.482 e. The number of primary amides is 1. The Bertz CT molecular complexity index is 553. The number of hydrogen-bond donors (Lipinski definition) is 1. The van der Waals surface area contributed by atoms with E-state index >= 15 is 0 Å². The van der Waals surface area contributed by atoms with Crippen LogP contribution in [0.25, 0.3) is 5.69 Å². The van der Waals surface area contributed by atoms with E-state index in [4.69, 9.17) is 10.5 Å². The molecule has 0 aliphatic heterocycles. The second-order valence-electron chi connectivity index (χ2n) is 4.17. The molecule has 1 amide bonds. The highest BCUT2D eigenvalue weighted by molar-refractivity contribution is 5.75. The van der Waals surface area contributed by atoms with Gasteiger partial charge in [0.2, 0.25) is 0 Å². The fourth-order valence-electron chi connectivity index (χ4n) is 1.96. The predicted molar refractivity (Wildman–Crippen MR) is 69.9 cm³/mol. The zero-order valence-corrected chi connectivity index (χ0v) is 10.5. The maximum absolute atomic E-state index is 10.8. The molecule has 94 valence electrons. The van der Waals surface area contributed by atoms with Crippen molar-refractivity contribution in [3.05, 3.63) is 47.8 Å². The number of nitrogens with zero attached hydrogens (tertiary/aromatic N) is 1. The number of rotatable bonds is 4. The minimum Gasteiger partial charge on any atom is -0.482 e. The molecule has 2 N–H and O–H groups in total. The first-order valence-electron chi connectivity index (χ1n) is 5.75. The van der Waals surface area contributed by atoms with E-state index < -0.39 is 5.91 Å². The maximum atomic E-state index is 10.8. The van der Waals surface area contributed by atoms with Crippen LogP contribution in [0.15, 0.2) is 36.4 Å². The van der Waals surface area contributed by atoms with E-state index in [9.17, 15) is 4.79 Å². The number of benzene rings is 1. The smallest absolute Gasteiger partial charge is 0.255 e. The summed E-state index contributed by atoms with van der Waals surface area (Å²) < 4.78 is 7.52. The molecule has 0 spiro atoms. The average molecular weight is 244 g/mol. The van der Waals surface area contributed by atoms with Gasteiger partial charge in [0.05, 0.1) is 5.69 Å². The fourth-order valence-corrected chi connectivity index (χ4v) is 1.96. The van der Waals surface area contributed by atoms with Gasteiger partial charge < -0.3 is 15.0 Å². The van der Waals surface area contributed by atoms with E-state index in [-0.39, 0.29) is 6.61 Å². The van der Waals surface area contributed by atoms with Crippen LogP contribution in [0.4, 0.5) is 0 Å². The molecule has 2 rings (SSSR count). The first-order chi connectivity index (χ1) is 8.59. The lowest BCUT2D eigenvalue weighted by molar-refractivity contribution is -0.119. The van der Waals surface area contributed by atoms with Crippen molar-refractivity contribution in [2.45, 2.75) is 13.8 Å². The van der Waals surface area contributed by atoms with Gasteiger partial charge in [-0.25, -0.2) is 0 Å². The summed E-state index contributed by atoms with van der Waals surface area (Å²) >= 11 is 0. The highest BCUT2D eigenvalue weighted by Gasteiger charge is 2.10. The molecule has 1 heterocycles. The number of carbonyl (C=O) groups is 1. The quantitative estimate of drug-likeness (QED) is 0.893. The van der Waals surface area contributed by atoms with Crippen LogP contribution in [-0.2, 0) is 4.79 Å². The van der Waals surface area contributed by atoms with Crippen molar-refractivity contribution < 1.29 is 9.53 Å². The Labute approximate surface area is 106 Å². The Hall–Kier alpha value is -2.23. The molecule has 1 aromatic heterocycles. The summed E-state index contributed by atoms with van der Waals surface area (Å²) in [5.74, 6) is 0.171. The van der Waals surface area contributed by atoms with Gasteiger partial charge in [-0.3, -0.25) is 4.79 Å². The average Bonchev–Trinajstić information content (AvgIpc) is 2.67. The second-order valence-corrected chi connectivity index (χ2v) is 4.17. The van der Waals surface area contributed by atoms with E-state index in [2.05, 4.69) is 4.57 Å². The lowest BCUT2D eigenvalue weighted by Crippen LogP contribution is -2.20. The molecule has 0 radical (unpaired) electrons. The minimum atomic E-state index is -0.481. The van der Waals surface area contributed by atoms with Crippen molar-refractivity contribution in [2.75, 3.05) is 6.61 Å².